The Morgan fingerprint density at radius 1 is 1.10 bits per heavy atom. The van der Waals surface area contributed by atoms with E-state index in [9.17, 15) is 13.2 Å². The first-order chi connectivity index (χ1) is 9.13. The van der Waals surface area contributed by atoms with Crippen LogP contribution in [0.25, 0.3) is 0 Å². The summed E-state index contributed by atoms with van der Waals surface area (Å²) in [5.41, 5.74) is 0.654. The van der Waals surface area contributed by atoms with E-state index in [4.69, 9.17) is 4.74 Å². The molecule has 0 N–H and O–H groups in total. The first kappa shape index (κ1) is 16.7. The number of benzene rings is 1. The van der Waals surface area contributed by atoms with Crippen LogP contribution in [-0.2, 0) is 5.41 Å². The van der Waals surface area contributed by atoms with Crippen molar-refractivity contribution in [3.63, 3.8) is 0 Å². The Hall–Kier alpha value is -1.39. The molecule has 0 bridgehead atoms. The van der Waals surface area contributed by atoms with Crippen LogP contribution in [0.2, 0.25) is 0 Å². The normalized spacial score (nSPS) is 12.3. The van der Waals surface area contributed by atoms with Gasteiger partial charge in [-0.2, -0.15) is 0 Å². The van der Waals surface area contributed by atoms with E-state index in [0.717, 1.165) is 18.4 Å². The van der Waals surface area contributed by atoms with Gasteiger partial charge >= 0.3 is 6.36 Å². The molecule has 0 saturated heterocycles. The van der Waals surface area contributed by atoms with Crippen molar-refractivity contribution in [2.75, 3.05) is 6.61 Å². The highest BCUT2D eigenvalue weighted by molar-refractivity contribution is 5.44. The highest BCUT2D eigenvalue weighted by atomic mass is 19.4. The van der Waals surface area contributed by atoms with Gasteiger partial charge in [0.15, 0.2) is 0 Å². The summed E-state index contributed by atoms with van der Waals surface area (Å²) in [6, 6.07) is 4.26. The molecule has 1 aromatic carbocycles. The van der Waals surface area contributed by atoms with Gasteiger partial charge < -0.3 is 9.47 Å². The van der Waals surface area contributed by atoms with E-state index < -0.39 is 6.36 Å². The zero-order chi connectivity index (χ0) is 15.4. The molecule has 0 aromatic heterocycles. The molecule has 0 aliphatic heterocycles. The summed E-state index contributed by atoms with van der Waals surface area (Å²) >= 11 is 0. The molecule has 20 heavy (non-hydrogen) atoms. The van der Waals surface area contributed by atoms with Crippen LogP contribution in [-0.4, -0.2) is 13.0 Å². The minimum Gasteiger partial charge on any atom is -0.493 e. The third-order valence-corrected chi connectivity index (χ3v) is 2.75. The van der Waals surface area contributed by atoms with Gasteiger partial charge in [0.2, 0.25) is 0 Å². The molecule has 0 aliphatic carbocycles. The highest BCUT2D eigenvalue weighted by Gasteiger charge is 2.31. The molecule has 0 heterocycles. The number of hydrogen-bond acceptors (Lipinski definition) is 2. The third kappa shape index (κ3) is 5.31. The fourth-order valence-electron chi connectivity index (χ4n) is 1.77. The van der Waals surface area contributed by atoms with Crippen LogP contribution in [0.5, 0.6) is 11.5 Å². The zero-order valence-corrected chi connectivity index (χ0v) is 12.3. The van der Waals surface area contributed by atoms with E-state index in [1.165, 1.54) is 12.1 Å². The number of halogens is 3. The van der Waals surface area contributed by atoms with Crippen LogP contribution < -0.4 is 9.47 Å². The maximum atomic E-state index is 12.3. The Labute approximate surface area is 117 Å². The van der Waals surface area contributed by atoms with Gasteiger partial charge in [-0.05, 0) is 23.5 Å². The predicted molar refractivity (Wildman–Crippen MR) is 72.2 cm³/mol. The summed E-state index contributed by atoms with van der Waals surface area (Å²) in [5.74, 6) is 0.199. The first-order valence-electron chi connectivity index (χ1n) is 6.66. The van der Waals surface area contributed by atoms with Crippen LogP contribution in [0.1, 0.15) is 46.1 Å². The average Bonchev–Trinajstić information content (AvgIpc) is 2.25. The smallest absolute Gasteiger partial charge is 0.493 e. The molecule has 0 amide bonds. The Morgan fingerprint density at radius 3 is 2.25 bits per heavy atom. The molecule has 1 rings (SSSR count). The van der Waals surface area contributed by atoms with E-state index in [0.29, 0.717) is 12.4 Å². The number of hydrogen-bond donors (Lipinski definition) is 0. The minimum absolute atomic E-state index is 0.210. The zero-order valence-electron chi connectivity index (χ0n) is 12.3. The van der Waals surface area contributed by atoms with E-state index in [-0.39, 0.29) is 11.2 Å². The van der Waals surface area contributed by atoms with Crippen LogP contribution >= 0.6 is 0 Å². The molecule has 2 nitrogen and oxygen atoms in total. The summed E-state index contributed by atoms with van der Waals surface area (Å²) in [7, 11) is 0. The first-order valence-corrected chi connectivity index (χ1v) is 6.66. The lowest BCUT2D eigenvalue weighted by Gasteiger charge is -2.23. The highest BCUT2D eigenvalue weighted by Crippen LogP contribution is 2.35. The lowest BCUT2D eigenvalue weighted by Crippen LogP contribution is -2.18. The van der Waals surface area contributed by atoms with Gasteiger partial charge in [0.05, 0.1) is 6.61 Å². The molecule has 0 fully saturated rings. The largest absolute Gasteiger partial charge is 0.573 e. The minimum atomic E-state index is -4.69. The van der Waals surface area contributed by atoms with Crippen molar-refractivity contribution in [1.82, 2.24) is 0 Å². The summed E-state index contributed by atoms with van der Waals surface area (Å²) < 4.78 is 46.3. The van der Waals surface area contributed by atoms with Crippen LogP contribution in [0, 0.1) is 0 Å². The van der Waals surface area contributed by atoms with E-state index in [1.54, 1.807) is 6.07 Å². The second kappa shape index (κ2) is 6.37. The van der Waals surface area contributed by atoms with Crippen molar-refractivity contribution in [2.24, 2.45) is 0 Å². The van der Waals surface area contributed by atoms with Gasteiger partial charge in [-0.15, -0.1) is 13.2 Å². The molecule has 0 unspecified atom stereocenters. The summed E-state index contributed by atoms with van der Waals surface area (Å²) in [6.07, 6.45) is -2.87. The number of alkyl halides is 3. The van der Waals surface area contributed by atoms with Crippen molar-refractivity contribution in [3.8, 4) is 11.5 Å². The van der Waals surface area contributed by atoms with Crippen molar-refractivity contribution >= 4 is 0 Å². The number of unbranched alkanes of at least 4 members (excludes halogenated alkanes) is 1. The molecule has 0 radical (unpaired) electrons. The van der Waals surface area contributed by atoms with Gasteiger partial charge in [-0.3, -0.25) is 0 Å². The van der Waals surface area contributed by atoms with E-state index in [1.807, 2.05) is 27.7 Å². The van der Waals surface area contributed by atoms with Crippen molar-refractivity contribution < 1.29 is 22.6 Å². The second-order valence-corrected chi connectivity index (χ2v) is 5.66. The van der Waals surface area contributed by atoms with Gasteiger partial charge in [0.1, 0.15) is 11.5 Å². The van der Waals surface area contributed by atoms with E-state index in [2.05, 4.69) is 4.74 Å². The maximum absolute atomic E-state index is 12.3. The topological polar surface area (TPSA) is 18.5 Å². The Morgan fingerprint density at radius 2 is 1.75 bits per heavy atom. The van der Waals surface area contributed by atoms with Crippen LogP contribution in [0.4, 0.5) is 13.2 Å². The Balaban J connectivity index is 3.02. The standard InChI is InChI=1S/C15H21F3O2/c1-5-6-9-19-13-10-11(20-15(16,17)18)7-8-12(13)14(2,3)4/h7-8,10H,5-6,9H2,1-4H3. The summed E-state index contributed by atoms with van der Waals surface area (Å²) in [4.78, 5) is 0. The van der Waals surface area contributed by atoms with Gasteiger partial charge in [-0.1, -0.05) is 40.2 Å². The second-order valence-electron chi connectivity index (χ2n) is 5.66. The quantitative estimate of drug-likeness (QED) is 0.705. The number of ether oxygens (including phenoxy) is 2. The van der Waals surface area contributed by atoms with Crippen molar-refractivity contribution in [2.45, 2.75) is 52.3 Å². The SMILES string of the molecule is CCCCOc1cc(OC(F)(F)F)ccc1C(C)(C)C. The Bertz CT molecular complexity index is 434. The lowest BCUT2D eigenvalue weighted by molar-refractivity contribution is -0.274. The maximum Gasteiger partial charge on any atom is 0.573 e. The van der Waals surface area contributed by atoms with Gasteiger partial charge in [0, 0.05) is 6.07 Å². The fourth-order valence-corrected chi connectivity index (χ4v) is 1.77. The van der Waals surface area contributed by atoms with Crippen LogP contribution in [0.3, 0.4) is 0 Å². The lowest BCUT2D eigenvalue weighted by atomic mass is 9.86. The summed E-state index contributed by atoms with van der Waals surface area (Å²) in [5, 5.41) is 0. The Kier molecular flexibility index (Phi) is 5.31. The molecular formula is C15H21F3O2. The fraction of sp³-hybridized carbons (Fsp3) is 0.600. The molecule has 0 aliphatic rings. The van der Waals surface area contributed by atoms with Gasteiger partial charge in [-0.25, -0.2) is 0 Å². The molecule has 0 saturated carbocycles. The molecular weight excluding hydrogens is 269 g/mol. The molecule has 114 valence electrons. The molecule has 0 atom stereocenters. The van der Waals surface area contributed by atoms with Crippen molar-refractivity contribution in [3.05, 3.63) is 23.8 Å². The summed E-state index contributed by atoms with van der Waals surface area (Å²) in [6.45, 7) is 8.46. The average molecular weight is 290 g/mol. The third-order valence-electron chi connectivity index (χ3n) is 2.75. The monoisotopic (exact) mass is 290 g/mol. The number of rotatable bonds is 5. The molecule has 5 heteroatoms. The molecule has 0 spiro atoms. The van der Waals surface area contributed by atoms with Crippen molar-refractivity contribution in [1.29, 1.82) is 0 Å². The van der Waals surface area contributed by atoms with E-state index >= 15 is 0 Å². The molecule has 1 aromatic rings. The van der Waals surface area contributed by atoms with Crippen LogP contribution in [0.15, 0.2) is 18.2 Å². The van der Waals surface area contributed by atoms with Gasteiger partial charge in [0.25, 0.3) is 0 Å². The predicted octanol–water partition coefficient (Wildman–Crippen LogP) is 5.06.